The van der Waals surface area contributed by atoms with Gasteiger partial charge in [-0.2, -0.15) is 23.4 Å². The Morgan fingerprint density at radius 3 is 2.72 bits per heavy atom. The number of aryl methyl sites for hydroxylation is 1. The highest BCUT2D eigenvalue weighted by Crippen LogP contribution is 2.42. The van der Waals surface area contributed by atoms with Crippen LogP contribution >= 0.6 is 11.6 Å². The number of aromatic nitrogens is 4. The van der Waals surface area contributed by atoms with Crippen molar-refractivity contribution < 1.29 is 22.7 Å². The lowest BCUT2D eigenvalue weighted by molar-refractivity contribution is -0.141. The predicted octanol–water partition coefficient (Wildman–Crippen LogP) is 4.49. The van der Waals surface area contributed by atoms with Crippen LogP contribution in [0.5, 0.6) is 5.75 Å². The molecule has 1 fully saturated rings. The van der Waals surface area contributed by atoms with Crippen LogP contribution in [0, 0.1) is 0 Å². The Labute approximate surface area is 187 Å². The molecule has 1 aliphatic carbocycles. The van der Waals surface area contributed by atoms with Crippen LogP contribution in [0.3, 0.4) is 0 Å². The number of hydrogen-bond donors (Lipinski definition) is 1. The molecule has 2 heterocycles. The van der Waals surface area contributed by atoms with E-state index in [2.05, 4.69) is 15.5 Å². The number of carbonyl (C=O) groups excluding carboxylic acids is 1. The van der Waals surface area contributed by atoms with E-state index in [1.807, 2.05) is 0 Å². The van der Waals surface area contributed by atoms with Gasteiger partial charge in [0.25, 0.3) is 5.91 Å². The first-order chi connectivity index (χ1) is 15.3. The summed E-state index contributed by atoms with van der Waals surface area (Å²) in [5.41, 5.74) is -0.0428. The monoisotopic (exact) mass is 467 g/mol. The van der Waals surface area contributed by atoms with Gasteiger partial charge in [0.2, 0.25) is 0 Å². The molecule has 0 aliphatic heterocycles. The van der Waals surface area contributed by atoms with E-state index < -0.39 is 11.9 Å². The molecule has 3 aromatic rings. The third kappa shape index (κ3) is 5.42. The average Bonchev–Trinajstić information content (AvgIpc) is 3.31. The zero-order valence-electron chi connectivity index (χ0n) is 17.0. The van der Waals surface area contributed by atoms with E-state index in [1.165, 1.54) is 9.36 Å². The first-order valence-corrected chi connectivity index (χ1v) is 10.5. The van der Waals surface area contributed by atoms with Gasteiger partial charge in [0.1, 0.15) is 11.4 Å². The second-order valence-electron chi connectivity index (χ2n) is 7.50. The van der Waals surface area contributed by atoms with Gasteiger partial charge in [-0.1, -0.05) is 23.7 Å². The molecule has 11 heteroatoms. The van der Waals surface area contributed by atoms with Crippen LogP contribution in [0.15, 0.2) is 42.6 Å². The van der Waals surface area contributed by atoms with Gasteiger partial charge in [-0.15, -0.1) is 0 Å². The number of amides is 1. The Morgan fingerprint density at radius 1 is 1.22 bits per heavy atom. The van der Waals surface area contributed by atoms with E-state index in [4.69, 9.17) is 16.3 Å². The zero-order chi connectivity index (χ0) is 22.7. The molecule has 170 valence electrons. The third-order valence-electron chi connectivity index (χ3n) is 4.99. The molecule has 4 rings (SSSR count). The number of halogens is 4. The summed E-state index contributed by atoms with van der Waals surface area (Å²) >= 11 is 6.03. The molecule has 1 amide bonds. The molecule has 0 atom stereocenters. The number of nitrogens with one attached hydrogen (secondary N) is 1. The van der Waals surface area contributed by atoms with Crippen molar-refractivity contribution in [1.29, 1.82) is 0 Å². The van der Waals surface area contributed by atoms with Crippen LogP contribution in [-0.4, -0.2) is 32.0 Å². The molecule has 1 saturated carbocycles. The Hall–Kier alpha value is -3.01. The second kappa shape index (κ2) is 9.23. The highest BCUT2D eigenvalue weighted by molar-refractivity contribution is 6.32. The molecule has 2 aromatic heterocycles. The minimum atomic E-state index is -4.46. The first-order valence-electron chi connectivity index (χ1n) is 10.1. The number of hydrogen-bond acceptors (Lipinski definition) is 4. The van der Waals surface area contributed by atoms with Gasteiger partial charge >= 0.3 is 6.18 Å². The normalized spacial score (nSPS) is 13.9. The minimum absolute atomic E-state index is 0.0851. The highest BCUT2D eigenvalue weighted by Gasteiger charge is 2.37. The predicted molar refractivity (Wildman–Crippen MR) is 110 cm³/mol. The van der Waals surface area contributed by atoms with E-state index in [9.17, 15) is 18.0 Å². The summed E-state index contributed by atoms with van der Waals surface area (Å²) in [5, 5.41) is 11.1. The summed E-state index contributed by atoms with van der Waals surface area (Å²) in [6.07, 6.45) is -0.653. The molecule has 0 bridgehead atoms. The van der Waals surface area contributed by atoms with Crippen LogP contribution < -0.4 is 10.1 Å². The number of alkyl halides is 3. The fraction of sp³-hybridized carbons (Fsp3) is 0.381. The Morgan fingerprint density at radius 2 is 2.00 bits per heavy atom. The molecule has 1 N–H and O–H groups in total. The van der Waals surface area contributed by atoms with E-state index >= 15 is 0 Å². The van der Waals surface area contributed by atoms with Gasteiger partial charge in [-0.25, -0.2) is 4.68 Å². The van der Waals surface area contributed by atoms with Crippen LogP contribution in [0.25, 0.3) is 0 Å². The fourth-order valence-corrected chi connectivity index (χ4v) is 3.42. The molecule has 1 aliphatic rings. The number of nitrogens with zero attached hydrogens (tertiary/aromatic N) is 4. The maximum Gasteiger partial charge on any atom is 0.435 e. The number of rotatable bonds is 9. The van der Waals surface area contributed by atoms with Crippen molar-refractivity contribution in [2.75, 3.05) is 6.54 Å². The number of benzene rings is 1. The van der Waals surface area contributed by atoms with Gasteiger partial charge in [0.15, 0.2) is 12.4 Å². The van der Waals surface area contributed by atoms with Crippen LogP contribution in [0.4, 0.5) is 13.2 Å². The SMILES string of the molecule is O=C(NCCCn1nc(C(F)(F)F)cc1C1CC1)c1ccn(COc2ccccc2Cl)n1. The largest absolute Gasteiger partial charge is 0.470 e. The Kier molecular flexibility index (Phi) is 6.40. The van der Waals surface area contributed by atoms with Gasteiger partial charge in [0, 0.05) is 30.9 Å². The van der Waals surface area contributed by atoms with Gasteiger partial charge in [-0.3, -0.25) is 9.48 Å². The zero-order valence-corrected chi connectivity index (χ0v) is 17.7. The number of carbonyl (C=O) groups is 1. The molecule has 0 unspecified atom stereocenters. The molecule has 7 nitrogen and oxygen atoms in total. The summed E-state index contributed by atoms with van der Waals surface area (Å²) in [6.45, 7) is 0.664. The van der Waals surface area contributed by atoms with Crippen molar-refractivity contribution in [3.8, 4) is 5.75 Å². The molecule has 0 saturated heterocycles. The first kappa shape index (κ1) is 22.2. The maximum atomic E-state index is 13.0. The topological polar surface area (TPSA) is 74.0 Å². The number of para-hydroxylation sites is 1. The standard InChI is InChI=1S/C21H21ClF3N5O2/c22-15-4-1-2-5-18(15)32-13-29-11-8-16(27-29)20(31)26-9-3-10-30-17(14-6-7-14)12-19(28-30)21(23,24)25/h1-2,4-5,8,11-12,14H,3,6-7,9-10,13H2,(H,26,31). The van der Waals surface area contributed by atoms with Gasteiger partial charge in [0.05, 0.1) is 5.02 Å². The van der Waals surface area contributed by atoms with Crippen molar-refractivity contribution in [3.63, 3.8) is 0 Å². The van der Waals surface area contributed by atoms with Gasteiger partial charge in [-0.05, 0) is 43.5 Å². The number of ether oxygens (including phenoxy) is 1. The average molecular weight is 468 g/mol. The lowest BCUT2D eigenvalue weighted by Crippen LogP contribution is -2.26. The van der Waals surface area contributed by atoms with Crippen LogP contribution in [0.1, 0.15) is 47.1 Å². The summed E-state index contributed by atoms with van der Waals surface area (Å²) in [7, 11) is 0. The Bertz CT molecular complexity index is 1090. The molecular formula is C21H21ClF3N5O2. The van der Waals surface area contributed by atoms with Crippen molar-refractivity contribution in [3.05, 3.63) is 64.7 Å². The van der Waals surface area contributed by atoms with E-state index in [0.29, 0.717) is 29.4 Å². The lowest BCUT2D eigenvalue weighted by atomic mass is 10.2. The molecular weight excluding hydrogens is 447 g/mol. The van der Waals surface area contributed by atoms with E-state index in [1.54, 1.807) is 36.5 Å². The minimum Gasteiger partial charge on any atom is -0.470 e. The van der Waals surface area contributed by atoms with Crippen molar-refractivity contribution in [1.82, 2.24) is 24.9 Å². The summed E-state index contributed by atoms with van der Waals surface area (Å²) in [5.74, 6) is 0.277. The van der Waals surface area contributed by atoms with Crippen LogP contribution in [0.2, 0.25) is 5.02 Å². The fourth-order valence-electron chi connectivity index (χ4n) is 3.23. The summed E-state index contributed by atoms with van der Waals surface area (Å²) < 4.78 is 47.3. The molecule has 0 spiro atoms. The maximum absolute atomic E-state index is 13.0. The third-order valence-corrected chi connectivity index (χ3v) is 5.30. The van der Waals surface area contributed by atoms with Gasteiger partial charge < -0.3 is 10.1 Å². The van der Waals surface area contributed by atoms with Crippen molar-refractivity contribution in [2.45, 2.75) is 44.6 Å². The Balaban J connectivity index is 1.25. The molecule has 0 radical (unpaired) electrons. The highest BCUT2D eigenvalue weighted by atomic mass is 35.5. The van der Waals surface area contributed by atoms with Crippen molar-refractivity contribution >= 4 is 17.5 Å². The van der Waals surface area contributed by atoms with Crippen LogP contribution in [-0.2, 0) is 19.5 Å². The quantitative estimate of drug-likeness (QED) is 0.471. The molecule has 32 heavy (non-hydrogen) atoms. The summed E-state index contributed by atoms with van der Waals surface area (Å²) in [4.78, 5) is 12.3. The lowest BCUT2D eigenvalue weighted by Gasteiger charge is -2.08. The van der Waals surface area contributed by atoms with E-state index in [0.717, 1.165) is 18.9 Å². The summed E-state index contributed by atoms with van der Waals surface area (Å²) in [6, 6.07) is 9.71. The van der Waals surface area contributed by atoms with E-state index in [-0.39, 0.29) is 30.8 Å². The smallest absolute Gasteiger partial charge is 0.435 e. The second-order valence-corrected chi connectivity index (χ2v) is 7.91. The van der Waals surface area contributed by atoms with Crippen molar-refractivity contribution in [2.24, 2.45) is 0 Å². The molecule has 1 aromatic carbocycles.